The summed E-state index contributed by atoms with van der Waals surface area (Å²) in [5, 5.41) is 3.30. The van der Waals surface area contributed by atoms with E-state index in [0.29, 0.717) is 12.6 Å². The van der Waals surface area contributed by atoms with E-state index >= 15 is 0 Å². The molecule has 0 spiro atoms. The Labute approximate surface area is 64.2 Å². The van der Waals surface area contributed by atoms with Crippen LogP contribution in [0, 0.1) is 6.92 Å². The van der Waals surface area contributed by atoms with Gasteiger partial charge >= 0.3 is 0 Å². The Hall–Kier alpha value is -0.0400. The summed E-state index contributed by atoms with van der Waals surface area (Å²) in [7, 11) is 0. The van der Waals surface area contributed by atoms with Gasteiger partial charge in [-0.25, -0.2) is 0 Å². The minimum atomic E-state index is 0.644. The third-order valence-corrected chi connectivity index (χ3v) is 2.26. The van der Waals surface area contributed by atoms with E-state index in [-0.39, 0.29) is 0 Å². The van der Waals surface area contributed by atoms with Crippen LogP contribution in [0.4, 0.5) is 0 Å². The molecule has 0 amide bonds. The predicted molar refractivity (Wildman–Crippen MR) is 43.8 cm³/mol. The van der Waals surface area contributed by atoms with Gasteiger partial charge in [-0.2, -0.15) is 0 Å². The zero-order valence-electron chi connectivity index (χ0n) is 6.60. The summed E-state index contributed by atoms with van der Waals surface area (Å²) < 4.78 is 0. The molecule has 0 heterocycles. The first-order valence-corrected chi connectivity index (χ1v) is 4.37. The Morgan fingerprint density at radius 3 is 2.20 bits per heavy atom. The van der Waals surface area contributed by atoms with Crippen molar-refractivity contribution < 1.29 is 0 Å². The lowest BCUT2D eigenvalue weighted by molar-refractivity contribution is 0.481. The van der Waals surface area contributed by atoms with Crippen LogP contribution >= 0.6 is 0 Å². The fourth-order valence-electron chi connectivity index (χ4n) is 1.65. The van der Waals surface area contributed by atoms with Crippen molar-refractivity contribution >= 4 is 0 Å². The molecule has 10 heavy (non-hydrogen) atoms. The smallest absolute Gasteiger partial charge is 0.00671 e. The number of rotatable bonds is 2. The van der Waals surface area contributed by atoms with Crippen LogP contribution in [-0.4, -0.2) is 12.6 Å². The van der Waals surface area contributed by atoms with Gasteiger partial charge in [-0.05, 0) is 26.3 Å². The zero-order chi connectivity index (χ0) is 7.23. The first kappa shape index (κ1) is 8.06. The molecule has 58 valence electrons. The van der Waals surface area contributed by atoms with Crippen molar-refractivity contribution in [3.63, 3.8) is 0 Å². The molecule has 2 radical (unpaired) electrons. The Kier molecular flexibility index (Phi) is 3.81. The Morgan fingerprint density at radius 2 is 1.70 bits per heavy atom. The molecule has 0 bridgehead atoms. The summed E-state index contributed by atoms with van der Waals surface area (Å²) in [6, 6.07) is 0.715. The van der Waals surface area contributed by atoms with E-state index < -0.39 is 0 Å². The molecule has 1 aliphatic carbocycles. The summed E-state index contributed by atoms with van der Waals surface area (Å²) in [6.45, 7) is 6.04. The quantitative estimate of drug-likeness (QED) is 0.577. The standard InChI is InChI=1S/C9H17N/c1-2-10-9-7-5-3-4-6-8-9/h1,9-10H,2-8H2. The van der Waals surface area contributed by atoms with Gasteiger partial charge in [-0.1, -0.05) is 25.7 Å². The lowest BCUT2D eigenvalue weighted by Crippen LogP contribution is -2.27. The van der Waals surface area contributed by atoms with Gasteiger partial charge in [0.2, 0.25) is 0 Å². The highest BCUT2D eigenvalue weighted by Gasteiger charge is 2.09. The van der Waals surface area contributed by atoms with Gasteiger partial charge in [0.25, 0.3) is 0 Å². The predicted octanol–water partition coefficient (Wildman–Crippen LogP) is 2.01. The van der Waals surface area contributed by atoms with Crippen LogP contribution in [0.3, 0.4) is 0 Å². The van der Waals surface area contributed by atoms with Crippen molar-refractivity contribution in [3.8, 4) is 0 Å². The second kappa shape index (κ2) is 4.73. The van der Waals surface area contributed by atoms with E-state index in [9.17, 15) is 0 Å². The van der Waals surface area contributed by atoms with Crippen LogP contribution in [-0.2, 0) is 0 Å². The molecule has 0 saturated heterocycles. The van der Waals surface area contributed by atoms with Gasteiger partial charge in [0.05, 0.1) is 0 Å². The largest absolute Gasteiger partial charge is 0.314 e. The Balaban J connectivity index is 2.15. The second-order valence-corrected chi connectivity index (χ2v) is 3.10. The number of hydrogen-bond donors (Lipinski definition) is 1. The molecule has 0 aromatic carbocycles. The molecule has 1 aliphatic rings. The monoisotopic (exact) mass is 139 g/mol. The van der Waals surface area contributed by atoms with Crippen LogP contribution in [0.2, 0.25) is 0 Å². The van der Waals surface area contributed by atoms with Gasteiger partial charge in [0.15, 0.2) is 0 Å². The molecule has 0 atom stereocenters. The second-order valence-electron chi connectivity index (χ2n) is 3.10. The zero-order valence-corrected chi connectivity index (χ0v) is 6.60. The Bertz CT molecular complexity index is 72.8. The van der Waals surface area contributed by atoms with E-state index in [2.05, 4.69) is 5.32 Å². The first-order chi connectivity index (χ1) is 4.93. The highest BCUT2D eigenvalue weighted by molar-refractivity contribution is 4.70. The summed E-state index contributed by atoms with van der Waals surface area (Å²) in [5.41, 5.74) is 0. The van der Waals surface area contributed by atoms with E-state index in [0.717, 1.165) is 0 Å². The molecule has 0 unspecified atom stereocenters. The first-order valence-electron chi connectivity index (χ1n) is 4.37. The van der Waals surface area contributed by atoms with Crippen LogP contribution in [0.5, 0.6) is 0 Å². The van der Waals surface area contributed by atoms with Crippen molar-refractivity contribution in [2.45, 2.75) is 44.6 Å². The third kappa shape index (κ3) is 2.70. The Morgan fingerprint density at radius 1 is 1.10 bits per heavy atom. The van der Waals surface area contributed by atoms with Crippen LogP contribution in [0.1, 0.15) is 38.5 Å². The number of hydrogen-bond acceptors (Lipinski definition) is 1. The lowest BCUT2D eigenvalue weighted by atomic mass is 10.1. The molecule has 0 aromatic rings. The van der Waals surface area contributed by atoms with Crippen molar-refractivity contribution in [3.05, 3.63) is 6.92 Å². The SMILES string of the molecule is [CH]CNC1CCCCCC1. The molecule has 0 aliphatic heterocycles. The maximum Gasteiger partial charge on any atom is 0.00671 e. The molecular weight excluding hydrogens is 122 g/mol. The van der Waals surface area contributed by atoms with E-state index in [1.807, 2.05) is 0 Å². The van der Waals surface area contributed by atoms with Gasteiger partial charge in [-0.3, -0.25) is 0 Å². The average molecular weight is 139 g/mol. The number of nitrogens with one attached hydrogen (secondary N) is 1. The van der Waals surface area contributed by atoms with Crippen molar-refractivity contribution in [2.24, 2.45) is 0 Å². The topological polar surface area (TPSA) is 12.0 Å². The van der Waals surface area contributed by atoms with Gasteiger partial charge < -0.3 is 5.32 Å². The minimum Gasteiger partial charge on any atom is -0.314 e. The summed E-state index contributed by atoms with van der Waals surface area (Å²) >= 11 is 0. The molecule has 1 rings (SSSR count). The molecule has 1 fully saturated rings. The normalized spacial score (nSPS) is 22.5. The van der Waals surface area contributed by atoms with E-state index in [1.54, 1.807) is 0 Å². The van der Waals surface area contributed by atoms with E-state index in [1.165, 1.54) is 38.5 Å². The van der Waals surface area contributed by atoms with Crippen LogP contribution in [0.25, 0.3) is 0 Å². The maximum absolute atomic E-state index is 5.40. The van der Waals surface area contributed by atoms with Gasteiger partial charge in [0.1, 0.15) is 0 Å². The third-order valence-electron chi connectivity index (χ3n) is 2.26. The molecule has 1 saturated carbocycles. The molecule has 1 heteroatoms. The highest BCUT2D eigenvalue weighted by Crippen LogP contribution is 2.16. The van der Waals surface area contributed by atoms with E-state index in [4.69, 9.17) is 6.92 Å². The average Bonchev–Trinajstić information content (AvgIpc) is 2.17. The molecular formula is C9H17N. The lowest BCUT2D eigenvalue weighted by Gasteiger charge is -2.13. The minimum absolute atomic E-state index is 0.644. The molecule has 1 N–H and O–H groups in total. The van der Waals surface area contributed by atoms with Crippen LogP contribution in [0.15, 0.2) is 0 Å². The van der Waals surface area contributed by atoms with Crippen molar-refractivity contribution in [1.29, 1.82) is 0 Å². The summed E-state index contributed by atoms with van der Waals surface area (Å²) in [5.74, 6) is 0. The van der Waals surface area contributed by atoms with Crippen molar-refractivity contribution in [2.75, 3.05) is 6.54 Å². The maximum atomic E-state index is 5.40. The van der Waals surface area contributed by atoms with Crippen LogP contribution < -0.4 is 5.32 Å². The highest BCUT2D eigenvalue weighted by atomic mass is 14.9. The molecule has 0 aromatic heterocycles. The summed E-state index contributed by atoms with van der Waals surface area (Å²) in [4.78, 5) is 0. The fraction of sp³-hybridized carbons (Fsp3) is 0.889. The summed E-state index contributed by atoms with van der Waals surface area (Å²) in [6.07, 6.45) is 8.27. The van der Waals surface area contributed by atoms with Gasteiger partial charge in [-0.15, -0.1) is 0 Å². The van der Waals surface area contributed by atoms with Gasteiger partial charge in [0, 0.05) is 6.04 Å². The molecule has 1 nitrogen and oxygen atoms in total. The fourth-order valence-corrected chi connectivity index (χ4v) is 1.65. The van der Waals surface area contributed by atoms with Crippen molar-refractivity contribution in [1.82, 2.24) is 5.32 Å².